The first-order valence-electron chi connectivity index (χ1n) is 8.04. The predicted molar refractivity (Wildman–Crippen MR) is 101 cm³/mol. The molecule has 0 aliphatic rings. The molecule has 1 aromatic carbocycles. The summed E-state index contributed by atoms with van der Waals surface area (Å²) < 4.78 is 12.0. The van der Waals surface area contributed by atoms with E-state index in [1.165, 1.54) is 28.3 Å². The van der Waals surface area contributed by atoms with Crippen LogP contribution in [0.1, 0.15) is 16.0 Å². The van der Waals surface area contributed by atoms with Gasteiger partial charge in [0, 0.05) is 22.4 Å². The summed E-state index contributed by atoms with van der Waals surface area (Å²) in [5.74, 6) is 0.599. The molecule has 0 saturated heterocycles. The Balaban J connectivity index is 1.89. The summed E-state index contributed by atoms with van der Waals surface area (Å²) in [5, 5.41) is 1.40. The molecule has 3 aromatic heterocycles. The summed E-state index contributed by atoms with van der Waals surface area (Å²) in [6, 6.07) is 6.69. The van der Waals surface area contributed by atoms with E-state index in [1.807, 2.05) is 19.9 Å². The zero-order valence-corrected chi connectivity index (χ0v) is 15.3. The van der Waals surface area contributed by atoms with E-state index in [9.17, 15) is 9.59 Å². The summed E-state index contributed by atoms with van der Waals surface area (Å²) in [6.45, 7) is 4.15. The molecule has 4 rings (SSSR count). The third-order valence-corrected chi connectivity index (χ3v) is 5.65. The average Bonchev–Trinajstić information content (AvgIpc) is 2.91. The lowest BCUT2D eigenvalue weighted by Gasteiger charge is -2.09. The third-order valence-electron chi connectivity index (χ3n) is 4.53. The number of methoxy groups -OCH3 is 1. The fourth-order valence-electron chi connectivity index (χ4n) is 3.03. The van der Waals surface area contributed by atoms with Gasteiger partial charge in [-0.05, 0) is 37.1 Å². The monoisotopic (exact) mass is 368 g/mol. The molecule has 0 atom stereocenters. The highest BCUT2D eigenvalue weighted by Crippen LogP contribution is 2.26. The molecule has 0 N–H and O–H groups in total. The van der Waals surface area contributed by atoms with Gasteiger partial charge in [0.25, 0.3) is 5.56 Å². The van der Waals surface area contributed by atoms with E-state index in [-0.39, 0.29) is 12.1 Å². The molecule has 6 nitrogen and oxygen atoms in total. The minimum absolute atomic E-state index is 0.105. The van der Waals surface area contributed by atoms with Gasteiger partial charge in [-0.15, -0.1) is 11.3 Å². The molecule has 0 radical (unpaired) electrons. The summed E-state index contributed by atoms with van der Waals surface area (Å²) in [6.07, 6.45) is 1.53. The maximum atomic E-state index is 12.9. The molecule has 4 aromatic rings. The Bertz CT molecular complexity index is 1270. The lowest BCUT2D eigenvalue weighted by molar-refractivity contribution is 0.414. The van der Waals surface area contributed by atoms with Crippen LogP contribution in [0, 0.1) is 13.8 Å². The van der Waals surface area contributed by atoms with E-state index in [0.29, 0.717) is 22.3 Å². The molecular formula is C19H16N2O4S. The molecule has 0 unspecified atom stereocenters. The van der Waals surface area contributed by atoms with E-state index in [1.54, 1.807) is 19.2 Å². The Morgan fingerprint density at radius 2 is 2.04 bits per heavy atom. The van der Waals surface area contributed by atoms with E-state index >= 15 is 0 Å². The van der Waals surface area contributed by atoms with Crippen LogP contribution < -0.4 is 15.9 Å². The summed E-state index contributed by atoms with van der Waals surface area (Å²) in [4.78, 5) is 31.1. The lowest BCUT2D eigenvalue weighted by atomic mass is 10.1. The fraction of sp³-hybridized carbons (Fsp3) is 0.211. The van der Waals surface area contributed by atoms with Crippen LogP contribution in [0.4, 0.5) is 0 Å². The quantitative estimate of drug-likeness (QED) is 0.519. The van der Waals surface area contributed by atoms with Crippen molar-refractivity contribution in [1.82, 2.24) is 9.55 Å². The van der Waals surface area contributed by atoms with Crippen LogP contribution in [-0.2, 0) is 6.54 Å². The second kappa shape index (κ2) is 6.10. The summed E-state index contributed by atoms with van der Waals surface area (Å²) in [7, 11) is 1.55. The number of hydrogen-bond donors (Lipinski definition) is 0. The van der Waals surface area contributed by atoms with Gasteiger partial charge in [-0.3, -0.25) is 9.36 Å². The molecule has 0 aliphatic heterocycles. The van der Waals surface area contributed by atoms with Crippen LogP contribution in [0.15, 0.2) is 44.6 Å². The minimum atomic E-state index is -0.467. The van der Waals surface area contributed by atoms with Gasteiger partial charge in [-0.25, -0.2) is 9.78 Å². The van der Waals surface area contributed by atoms with E-state index in [0.717, 1.165) is 20.7 Å². The lowest BCUT2D eigenvalue weighted by Crippen LogP contribution is -2.21. The van der Waals surface area contributed by atoms with Crippen LogP contribution in [0.25, 0.3) is 21.2 Å². The predicted octanol–water partition coefficient (Wildman–Crippen LogP) is 3.24. The van der Waals surface area contributed by atoms with E-state index in [2.05, 4.69) is 4.98 Å². The number of benzene rings is 1. The zero-order valence-electron chi connectivity index (χ0n) is 14.5. The Morgan fingerprint density at radius 3 is 2.81 bits per heavy atom. The van der Waals surface area contributed by atoms with Gasteiger partial charge in [-0.1, -0.05) is 0 Å². The molecule has 0 saturated carbocycles. The van der Waals surface area contributed by atoms with Gasteiger partial charge in [-0.2, -0.15) is 0 Å². The molecule has 0 bridgehead atoms. The molecule has 7 heteroatoms. The van der Waals surface area contributed by atoms with Crippen molar-refractivity contribution in [2.75, 3.05) is 7.11 Å². The number of fused-ring (bicyclic) bond motifs is 2. The normalized spacial score (nSPS) is 11.3. The molecule has 0 amide bonds. The van der Waals surface area contributed by atoms with Crippen molar-refractivity contribution >= 4 is 32.5 Å². The van der Waals surface area contributed by atoms with Crippen LogP contribution >= 0.6 is 11.3 Å². The molecule has 0 fully saturated rings. The Hall–Kier alpha value is -2.93. The largest absolute Gasteiger partial charge is 0.497 e. The van der Waals surface area contributed by atoms with Gasteiger partial charge in [0.05, 0.1) is 25.4 Å². The molecule has 0 aliphatic carbocycles. The first-order valence-corrected chi connectivity index (χ1v) is 8.85. The van der Waals surface area contributed by atoms with E-state index in [4.69, 9.17) is 9.15 Å². The standard InChI is InChI=1S/C19H16N2O4S/c1-10-11(2)26-18-17(10)19(23)21(9-20-18)8-12-6-16(22)25-15-7-13(24-3)4-5-14(12)15/h4-7,9H,8H2,1-3H3. The van der Waals surface area contributed by atoms with Crippen molar-refractivity contribution < 1.29 is 9.15 Å². The number of aryl methyl sites for hydroxylation is 2. The molecule has 132 valence electrons. The van der Waals surface area contributed by atoms with E-state index < -0.39 is 5.63 Å². The topological polar surface area (TPSA) is 74.3 Å². The first kappa shape index (κ1) is 16.5. The maximum Gasteiger partial charge on any atom is 0.336 e. The number of thiophene rings is 1. The van der Waals surface area contributed by atoms with Gasteiger partial charge in [0.15, 0.2) is 0 Å². The van der Waals surface area contributed by atoms with Gasteiger partial charge < -0.3 is 9.15 Å². The molecule has 0 spiro atoms. The van der Waals surface area contributed by atoms with Gasteiger partial charge in [0.2, 0.25) is 0 Å². The van der Waals surface area contributed by atoms with Gasteiger partial charge in [0.1, 0.15) is 16.2 Å². The van der Waals surface area contributed by atoms with Crippen molar-refractivity contribution in [2.24, 2.45) is 0 Å². The molecule has 26 heavy (non-hydrogen) atoms. The van der Waals surface area contributed by atoms with Gasteiger partial charge >= 0.3 is 5.63 Å². The van der Waals surface area contributed by atoms with Crippen molar-refractivity contribution in [2.45, 2.75) is 20.4 Å². The number of nitrogens with zero attached hydrogens (tertiary/aromatic N) is 2. The average molecular weight is 368 g/mol. The molecule has 3 heterocycles. The number of hydrogen-bond acceptors (Lipinski definition) is 6. The van der Waals surface area contributed by atoms with Crippen molar-refractivity contribution in [3.63, 3.8) is 0 Å². The highest BCUT2D eigenvalue weighted by Gasteiger charge is 2.14. The Labute approximate surface area is 152 Å². The highest BCUT2D eigenvalue weighted by atomic mass is 32.1. The fourth-order valence-corrected chi connectivity index (χ4v) is 4.02. The molecular weight excluding hydrogens is 352 g/mol. The van der Waals surface area contributed by atoms with Crippen LogP contribution in [0.3, 0.4) is 0 Å². The first-order chi connectivity index (χ1) is 12.5. The summed E-state index contributed by atoms with van der Waals surface area (Å²) >= 11 is 1.51. The zero-order chi connectivity index (χ0) is 18.4. The Morgan fingerprint density at radius 1 is 1.23 bits per heavy atom. The van der Waals surface area contributed by atoms with Crippen LogP contribution in [0.2, 0.25) is 0 Å². The number of rotatable bonds is 3. The maximum absolute atomic E-state index is 12.9. The third kappa shape index (κ3) is 2.61. The SMILES string of the molecule is COc1ccc2c(Cn3cnc4sc(C)c(C)c4c3=O)cc(=O)oc2c1. The van der Waals surface area contributed by atoms with Crippen molar-refractivity contribution in [3.05, 3.63) is 67.4 Å². The van der Waals surface area contributed by atoms with Crippen molar-refractivity contribution in [1.29, 1.82) is 0 Å². The highest BCUT2D eigenvalue weighted by molar-refractivity contribution is 7.18. The van der Waals surface area contributed by atoms with Crippen molar-refractivity contribution in [3.8, 4) is 5.75 Å². The summed E-state index contributed by atoms with van der Waals surface area (Å²) in [5.41, 5.74) is 1.51. The smallest absolute Gasteiger partial charge is 0.336 e. The minimum Gasteiger partial charge on any atom is -0.497 e. The second-order valence-electron chi connectivity index (χ2n) is 6.09. The van der Waals surface area contributed by atoms with Crippen LogP contribution in [0.5, 0.6) is 5.75 Å². The van der Waals surface area contributed by atoms with Crippen LogP contribution in [-0.4, -0.2) is 16.7 Å². The number of ether oxygens (including phenoxy) is 1. The number of aromatic nitrogens is 2. The second-order valence-corrected chi connectivity index (χ2v) is 7.30. The Kier molecular flexibility index (Phi) is 3.88.